The number of nitrogens with zero attached hydrogens (tertiary/aromatic N) is 3. The van der Waals surface area contributed by atoms with Crippen LogP contribution in [0.1, 0.15) is 27.5 Å². The van der Waals surface area contributed by atoms with Crippen molar-refractivity contribution in [1.29, 1.82) is 0 Å². The number of anilines is 1. The van der Waals surface area contributed by atoms with Gasteiger partial charge in [0.05, 0.1) is 28.5 Å². The van der Waals surface area contributed by atoms with E-state index in [-0.39, 0.29) is 17.2 Å². The first-order chi connectivity index (χ1) is 17.0. The molecule has 0 N–H and O–H groups in total. The molecule has 3 aliphatic heterocycles. The van der Waals surface area contributed by atoms with Crippen LogP contribution in [0.25, 0.3) is 6.08 Å². The lowest BCUT2D eigenvalue weighted by Gasteiger charge is -2.35. The highest BCUT2D eigenvalue weighted by atomic mass is 16.6. The zero-order valence-electron chi connectivity index (χ0n) is 18.4. The van der Waals surface area contributed by atoms with Crippen LogP contribution < -0.4 is 4.90 Å². The lowest BCUT2D eigenvalue weighted by molar-refractivity contribution is -0.384. The molecular formula is C27H19N3O5. The van der Waals surface area contributed by atoms with Crippen LogP contribution in [0.5, 0.6) is 0 Å². The normalized spacial score (nSPS) is 24.2. The van der Waals surface area contributed by atoms with Gasteiger partial charge in [0, 0.05) is 23.9 Å². The van der Waals surface area contributed by atoms with Crippen LogP contribution in [0.2, 0.25) is 0 Å². The van der Waals surface area contributed by atoms with Crippen LogP contribution in [0.4, 0.5) is 11.4 Å². The Labute approximate surface area is 200 Å². The summed E-state index contributed by atoms with van der Waals surface area (Å²) in [5, 5.41) is 11.1. The predicted molar refractivity (Wildman–Crippen MR) is 127 cm³/mol. The highest BCUT2D eigenvalue weighted by Crippen LogP contribution is 2.53. The summed E-state index contributed by atoms with van der Waals surface area (Å²) in [6, 6.07) is 20.4. The van der Waals surface area contributed by atoms with Crippen molar-refractivity contribution in [3.05, 3.63) is 112 Å². The SMILES string of the molecule is O=C(c1ccccc1)[C@@H]1[C@@H]2C(=O)N(c3ccc([N+](=O)[O-])cc3)C(=O)[C@H]2[C@@H]2c3ccccc3C=CN12. The summed E-state index contributed by atoms with van der Waals surface area (Å²) < 4.78 is 0. The Balaban J connectivity index is 1.47. The maximum Gasteiger partial charge on any atom is 0.269 e. The van der Waals surface area contributed by atoms with Crippen molar-refractivity contribution in [2.45, 2.75) is 12.1 Å². The molecule has 8 heteroatoms. The van der Waals surface area contributed by atoms with E-state index in [9.17, 15) is 24.5 Å². The molecule has 2 fully saturated rings. The van der Waals surface area contributed by atoms with Gasteiger partial charge < -0.3 is 4.90 Å². The molecule has 0 saturated carbocycles. The van der Waals surface area contributed by atoms with Crippen LogP contribution in [-0.4, -0.2) is 33.5 Å². The zero-order valence-corrected chi connectivity index (χ0v) is 18.4. The number of non-ortho nitro benzene ring substituents is 1. The number of nitro benzene ring substituents is 1. The minimum Gasteiger partial charge on any atom is -0.358 e. The van der Waals surface area contributed by atoms with E-state index < -0.39 is 40.7 Å². The number of hydrogen-bond donors (Lipinski definition) is 0. The lowest BCUT2D eigenvalue weighted by Crippen LogP contribution is -2.44. The number of rotatable bonds is 4. The fourth-order valence-electron chi connectivity index (χ4n) is 5.61. The largest absolute Gasteiger partial charge is 0.358 e. The van der Waals surface area contributed by atoms with Crippen molar-refractivity contribution in [2.75, 3.05) is 4.90 Å². The van der Waals surface area contributed by atoms with Crippen molar-refractivity contribution < 1.29 is 19.3 Å². The number of fused-ring (bicyclic) bond motifs is 5. The third kappa shape index (κ3) is 3.03. The molecular weight excluding hydrogens is 446 g/mol. The quantitative estimate of drug-likeness (QED) is 0.250. The monoisotopic (exact) mass is 465 g/mol. The van der Waals surface area contributed by atoms with Crippen LogP contribution in [-0.2, 0) is 9.59 Å². The number of amides is 2. The number of nitro groups is 1. The number of hydrogen-bond acceptors (Lipinski definition) is 6. The Morgan fingerprint density at radius 2 is 1.49 bits per heavy atom. The Morgan fingerprint density at radius 1 is 0.829 bits per heavy atom. The lowest BCUT2D eigenvalue weighted by atomic mass is 9.83. The van der Waals surface area contributed by atoms with Gasteiger partial charge >= 0.3 is 0 Å². The van der Waals surface area contributed by atoms with Gasteiger partial charge in [-0.25, -0.2) is 4.90 Å². The molecule has 0 spiro atoms. The number of benzene rings is 3. The van der Waals surface area contributed by atoms with Crippen molar-refractivity contribution in [3.8, 4) is 0 Å². The smallest absolute Gasteiger partial charge is 0.269 e. The van der Waals surface area contributed by atoms with Gasteiger partial charge in [0.15, 0.2) is 5.78 Å². The fraction of sp³-hybridized carbons (Fsp3) is 0.148. The van der Waals surface area contributed by atoms with E-state index in [1.807, 2.05) is 47.5 Å². The second-order valence-corrected chi connectivity index (χ2v) is 8.85. The molecule has 3 aromatic carbocycles. The highest BCUT2D eigenvalue weighted by molar-refractivity contribution is 6.24. The van der Waals surface area contributed by atoms with Crippen molar-refractivity contribution in [3.63, 3.8) is 0 Å². The van der Waals surface area contributed by atoms with E-state index in [1.54, 1.807) is 24.3 Å². The summed E-state index contributed by atoms with van der Waals surface area (Å²) in [6.07, 6.45) is 3.72. The van der Waals surface area contributed by atoms with E-state index in [4.69, 9.17) is 0 Å². The second-order valence-electron chi connectivity index (χ2n) is 8.85. The molecule has 0 aliphatic carbocycles. The molecule has 0 radical (unpaired) electrons. The van der Waals surface area contributed by atoms with Gasteiger partial charge in [-0.1, -0.05) is 54.6 Å². The first-order valence-corrected chi connectivity index (χ1v) is 11.2. The fourth-order valence-corrected chi connectivity index (χ4v) is 5.61. The summed E-state index contributed by atoms with van der Waals surface area (Å²) in [5.74, 6) is -2.74. The molecule has 3 aromatic rings. The minimum absolute atomic E-state index is 0.136. The zero-order chi connectivity index (χ0) is 24.3. The predicted octanol–water partition coefficient (Wildman–Crippen LogP) is 3.99. The van der Waals surface area contributed by atoms with Crippen molar-refractivity contribution >= 4 is 35.0 Å². The molecule has 35 heavy (non-hydrogen) atoms. The van der Waals surface area contributed by atoms with Gasteiger partial charge in [0.25, 0.3) is 5.69 Å². The maximum absolute atomic E-state index is 13.8. The number of carbonyl (C=O) groups excluding carboxylic acids is 3. The topological polar surface area (TPSA) is 101 Å². The summed E-state index contributed by atoms with van der Waals surface area (Å²) >= 11 is 0. The standard InChI is InChI=1S/C27H19N3O5/c31-25(17-7-2-1-3-8-17)24-22-21(23-20-9-5-4-6-16(20)14-15-28(23)24)26(32)29(27(22)33)18-10-12-19(13-11-18)30(34)35/h1-15,21-24H/t21-,22-,23+,24+/m1/s1. The van der Waals surface area contributed by atoms with E-state index in [1.165, 1.54) is 24.3 Å². The molecule has 4 atom stereocenters. The Bertz CT molecular complexity index is 1420. The molecule has 8 nitrogen and oxygen atoms in total. The maximum atomic E-state index is 13.8. The van der Waals surface area contributed by atoms with Gasteiger partial charge in [-0.05, 0) is 29.3 Å². The molecule has 6 rings (SSSR count). The van der Waals surface area contributed by atoms with Crippen molar-refractivity contribution in [2.24, 2.45) is 11.8 Å². The Kier molecular flexibility index (Phi) is 4.63. The number of ketones is 1. The molecule has 0 aromatic heterocycles. The molecule has 172 valence electrons. The van der Waals surface area contributed by atoms with E-state index >= 15 is 0 Å². The van der Waals surface area contributed by atoms with Gasteiger partial charge in [0.2, 0.25) is 11.8 Å². The summed E-state index contributed by atoms with van der Waals surface area (Å²) in [7, 11) is 0. The van der Waals surface area contributed by atoms with Gasteiger partial charge in [0.1, 0.15) is 6.04 Å². The Morgan fingerprint density at radius 3 is 2.20 bits per heavy atom. The van der Waals surface area contributed by atoms with Crippen LogP contribution in [0.3, 0.4) is 0 Å². The Hall–Kier alpha value is -4.59. The van der Waals surface area contributed by atoms with Gasteiger partial charge in [-0.3, -0.25) is 24.5 Å². The minimum atomic E-state index is -0.883. The van der Waals surface area contributed by atoms with Gasteiger partial charge in [-0.2, -0.15) is 0 Å². The van der Waals surface area contributed by atoms with Gasteiger partial charge in [-0.15, -0.1) is 0 Å². The van der Waals surface area contributed by atoms with E-state index in [0.717, 1.165) is 16.0 Å². The average Bonchev–Trinajstić information content (AvgIpc) is 3.36. The van der Waals surface area contributed by atoms with Crippen LogP contribution in [0.15, 0.2) is 85.1 Å². The van der Waals surface area contributed by atoms with E-state index in [0.29, 0.717) is 5.56 Å². The third-order valence-electron chi connectivity index (χ3n) is 7.11. The highest BCUT2D eigenvalue weighted by Gasteiger charge is 2.64. The number of Topliss-reactive ketones (excluding diaryl/α,β-unsaturated/α-hetero) is 1. The molecule has 3 aliphatic rings. The summed E-state index contributed by atoms with van der Waals surface area (Å²) in [4.78, 5) is 54.8. The second kappa shape index (κ2) is 7.73. The average molecular weight is 465 g/mol. The number of imide groups is 1. The third-order valence-corrected chi connectivity index (χ3v) is 7.11. The summed E-state index contributed by atoms with van der Waals surface area (Å²) in [5.41, 5.74) is 2.42. The summed E-state index contributed by atoms with van der Waals surface area (Å²) in [6.45, 7) is 0. The molecule has 0 bridgehead atoms. The molecule has 2 amide bonds. The first-order valence-electron chi connectivity index (χ1n) is 11.2. The van der Waals surface area contributed by atoms with Crippen LogP contribution >= 0.6 is 0 Å². The van der Waals surface area contributed by atoms with E-state index in [2.05, 4.69) is 0 Å². The molecule has 2 saturated heterocycles. The van der Waals surface area contributed by atoms with Crippen LogP contribution in [0, 0.1) is 22.0 Å². The van der Waals surface area contributed by atoms with Crippen molar-refractivity contribution in [1.82, 2.24) is 4.90 Å². The first kappa shape index (κ1) is 21.0. The molecule has 3 heterocycles. The molecule has 0 unspecified atom stereocenters. The number of carbonyl (C=O) groups is 3.